The number of hydrogen-bond donors (Lipinski definition) is 0. The summed E-state index contributed by atoms with van der Waals surface area (Å²) < 4.78 is 2.73. The van der Waals surface area contributed by atoms with Gasteiger partial charge in [-0.1, -0.05) is 66.1 Å². The molecule has 0 amide bonds. The molecular weight excluding hydrogens is 516 g/mol. The third-order valence-electron chi connectivity index (χ3n) is 6.94. The Balaban J connectivity index is 1.14. The van der Waals surface area contributed by atoms with Gasteiger partial charge in [-0.25, -0.2) is 9.97 Å². The number of carbonyl (C=O) groups excluding carboxylic acids is 1. The van der Waals surface area contributed by atoms with Gasteiger partial charge >= 0.3 is 0 Å². The molecule has 6 nitrogen and oxygen atoms in total. The van der Waals surface area contributed by atoms with Gasteiger partial charge in [0.1, 0.15) is 5.82 Å². The van der Waals surface area contributed by atoms with Crippen LogP contribution in [0.2, 0.25) is 0 Å². The second-order valence-corrected chi connectivity index (χ2v) is 10.8. The average Bonchev–Trinajstić information content (AvgIpc) is 3.30. The van der Waals surface area contributed by atoms with Gasteiger partial charge in [-0.15, -0.1) is 0 Å². The number of rotatable bonds is 8. The first-order valence-electron chi connectivity index (χ1n) is 13.1. The summed E-state index contributed by atoms with van der Waals surface area (Å²) in [6, 6.07) is 27.1. The molecule has 3 aromatic carbocycles. The van der Waals surface area contributed by atoms with Gasteiger partial charge in [0, 0.05) is 42.6 Å². The fourth-order valence-electron chi connectivity index (χ4n) is 4.73. The number of aromatic nitrogens is 4. The fraction of sp³-hybridized carbons (Fsp3) is 0.121. The Kier molecular flexibility index (Phi) is 7.12. The van der Waals surface area contributed by atoms with Crippen LogP contribution in [0.25, 0.3) is 21.3 Å². The third-order valence-corrected chi connectivity index (χ3v) is 8.01. The topological polar surface area (TPSA) is 77.7 Å². The maximum atomic E-state index is 13.1. The van der Waals surface area contributed by atoms with Gasteiger partial charge < -0.3 is 0 Å². The van der Waals surface area contributed by atoms with Crippen LogP contribution in [-0.2, 0) is 19.4 Å². The van der Waals surface area contributed by atoms with E-state index in [9.17, 15) is 9.59 Å². The maximum absolute atomic E-state index is 13.1. The summed E-state index contributed by atoms with van der Waals surface area (Å²) in [5.74, 6) is 0.775. The number of aryl methyl sites for hydroxylation is 1. The molecule has 0 aliphatic carbocycles. The number of fused-ring (bicyclic) bond motifs is 1. The molecule has 0 aliphatic rings. The Hall–Kier alpha value is -4.75. The van der Waals surface area contributed by atoms with E-state index >= 15 is 0 Å². The molecule has 0 spiro atoms. The lowest BCUT2D eigenvalue weighted by Crippen LogP contribution is -2.13. The van der Waals surface area contributed by atoms with Gasteiger partial charge in [-0.3, -0.25) is 18.5 Å². The highest BCUT2D eigenvalue weighted by Gasteiger charge is 2.12. The van der Waals surface area contributed by atoms with Crippen molar-refractivity contribution in [2.24, 2.45) is 0 Å². The lowest BCUT2D eigenvalue weighted by atomic mass is 9.97. The molecule has 6 rings (SSSR count). The predicted molar refractivity (Wildman–Crippen MR) is 159 cm³/mol. The Morgan fingerprint density at radius 2 is 1.73 bits per heavy atom. The zero-order valence-corrected chi connectivity index (χ0v) is 22.8. The first-order valence-corrected chi connectivity index (χ1v) is 13.8. The van der Waals surface area contributed by atoms with Crippen LogP contribution in [0.15, 0.2) is 108 Å². The Morgan fingerprint density at radius 3 is 2.52 bits per heavy atom. The van der Waals surface area contributed by atoms with Gasteiger partial charge in [0.05, 0.1) is 22.3 Å². The van der Waals surface area contributed by atoms with Crippen molar-refractivity contribution in [3.8, 4) is 11.3 Å². The molecule has 0 saturated carbocycles. The van der Waals surface area contributed by atoms with Gasteiger partial charge in [0.2, 0.25) is 0 Å². The van der Waals surface area contributed by atoms with Crippen molar-refractivity contribution in [2.45, 2.75) is 26.3 Å². The molecule has 0 atom stereocenters. The van der Waals surface area contributed by atoms with Crippen LogP contribution in [0.1, 0.15) is 38.4 Å². The molecule has 0 unspecified atom stereocenters. The smallest absolute Gasteiger partial charge is 0.268 e. The first kappa shape index (κ1) is 25.5. The molecule has 0 aliphatic heterocycles. The SMILES string of the molecule is Cc1ccc(CC(=O)c2ccc(Cn3sc4ccccc4c3=O)cc2)cc1Cc1nccc(-c2cccnc2)n1. The maximum Gasteiger partial charge on any atom is 0.268 e. The largest absolute Gasteiger partial charge is 0.294 e. The molecule has 7 heteroatoms. The average molecular weight is 543 g/mol. The quantitative estimate of drug-likeness (QED) is 0.211. The molecule has 196 valence electrons. The summed E-state index contributed by atoms with van der Waals surface area (Å²) in [6.07, 6.45) is 6.19. The number of nitrogens with zero attached hydrogens (tertiary/aromatic N) is 4. The van der Waals surface area contributed by atoms with Crippen molar-refractivity contribution in [3.05, 3.63) is 148 Å². The molecule has 0 fully saturated rings. The van der Waals surface area contributed by atoms with Crippen LogP contribution < -0.4 is 5.56 Å². The van der Waals surface area contributed by atoms with E-state index in [2.05, 4.69) is 29.0 Å². The summed E-state index contributed by atoms with van der Waals surface area (Å²) in [6.45, 7) is 2.55. The summed E-state index contributed by atoms with van der Waals surface area (Å²) >= 11 is 1.46. The number of benzene rings is 3. The lowest BCUT2D eigenvalue weighted by molar-refractivity contribution is 0.0993. The normalized spacial score (nSPS) is 11.1. The van der Waals surface area contributed by atoms with Crippen LogP contribution in [-0.4, -0.2) is 24.7 Å². The van der Waals surface area contributed by atoms with Crippen molar-refractivity contribution < 1.29 is 4.79 Å². The first-order chi connectivity index (χ1) is 19.5. The van der Waals surface area contributed by atoms with Gasteiger partial charge in [0.15, 0.2) is 5.78 Å². The van der Waals surface area contributed by atoms with E-state index in [1.54, 1.807) is 22.5 Å². The number of ketones is 1. The molecule has 40 heavy (non-hydrogen) atoms. The number of pyridine rings is 1. The molecule has 3 heterocycles. The molecule has 0 bridgehead atoms. The van der Waals surface area contributed by atoms with Crippen LogP contribution in [0.4, 0.5) is 0 Å². The molecule has 0 radical (unpaired) electrons. The Labute approximate surface area is 235 Å². The highest BCUT2D eigenvalue weighted by atomic mass is 32.1. The Bertz CT molecular complexity index is 1880. The van der Waals surface area contributed by atoms with E-state index in [1.165, 1.54) is 11.5 Å². The molecule has 6 aromatic rings. The predicted octanol–water partition coefficient (Wildman–Crippen LogP) is 6.29. The minimum absolute atomic E-state index is 0.0186. The lowest BCUT2D eigenvalue weighted by Gasteiger charge is -2.10. The van der Waals surface area contributed by atoms with E-state index in [0.29, 0.717) is 24.9 Å². The van der Waals surface area contributed by atoms with E-state index < -0.39 is 0 Å². The van der Waals surface area contributed by atoms with Crippen LogP contribution in [0.5, 0.6) is 0 Å². The summed E-state index contributed by atoms with van der Waals surface area (Å²) in [5.41, 5.74) is 6.62. The highest BCUT2D eigenvalue weighted by Crippen LogP contribution is 2.20. The third kappa shape index (κ3) is 5.51. The van der Waals surface area contributed by atoms with Crippen molar-refractivity contribution in [2.75, 3.05) is 0 Å². The van der Waals surface area contributed by atoms with Crippen molar-refractivity contribution >= 4 is 27.4 Å². The van der Waals surface area contributed by atoms with Crippen LogP contribution >= 0.6 is 11.5 Å². The second-order valence-electron chi connectivity index (χ2n) is 9.76. The number of Topliss-reactive ketones (excluding diaryl/α,β-unsaturated/α-hetero) is 1. The molecule has 0 N–H and O–H groups in total. The zero-order chi connectivity index (χ0) is 27.5. The van der Waals surface area contributed by atoms with Crippen molar-refractivity contribution in [1.29, 1.82) is 0 Å². The summed E-state index contributed by atoms with van der Waals surface area (Å²) in [7, 11) is 0. The summed E-state index contributed by atoms with van der Waals surface area (Å²) in [4.78, 5) is 39.2. The fourth-order valence-corrected chi connectivity index (χ4v) is 5.75. The van der Waals surface area contributed by atoms with E-state index in [4.69, 9.17) is 4.98 Å². The van der Waals surface area contributed by atoms with E-state index in [-0.39, 0.29) is 11.3 Å². The van der Waals surface area contributed by atoms with Gasteiger partial charge in [0.25, 0.3) is 5.56 Å². The minimum Gasteiger partial charge on any atom is -0.294 e. The second kappa shape index (κ2) is 11.2. The molecule has 3 aromatic heterocycles. The van der Waals surface area contributed by atoms with Gasteiger partial charge in [-0.2, -0.15) is 0 Å². The van der Waals surface area contributed by atoms with Crippen LogP contribution in [0, 0.1) is 6.92 Å². The Morgan fingerprint density at radius 1 is 0.900 bits per heavy atom. The monoisotopic (exact) mass is 542 g/mol. The van der Waals surface area contributed by atoms with E-state index in [0.717, 1.165) is 49.4 Å². The van der Waals surface area contributed by atoms with Crippen molar-refractivity contribution in [3.63, 3.8) is 0 Å². The number of hydrogen-bond acceptors (Lipinski definition) is 6. The van der Waals surface area contributed by atoms with Gasteiger partial charge in [-0.05, 0) is 59.5 Å². The zero-order valence-electron chi connectivity index (χ0n) is 21.9. The van der Waals surface area contributed by atoms with E-state index in [1.807, 2.05) is 72.8 Å². The highest BCUT2D eigenvalue weighted by molar-refractivity contribution is 7.13. The molecule has 0 saturated heterocycles. The van der Waals surface area contributed by atoms with Crippen molar-refractivity contribution in [1.82, 2.24) is 18.9 Å². The minimum atomic E-state index is 0.0186. The summed E-state index contributed by atoms with van der Waals surface area (Å²) in [5, 5.41) is 0.740. The standard InChI is InChI=1S/C33H26N4O2S/c1-22-8-9-24(17-27(22)19-32-35-16-14-29(36-32)26-5-4-15-34-20-26)18-30(38)25-12-10-23(11-13-25)21-37-33(39)28-6-2-3-7-31(28)40-37/h2-17,20H,18-19,21H2,1H3. The molecular formula is C33H26N4O2S. The van der Waals surface area contributed by atoms with Crippen LogP contribution in [0.3, 0.4) is 0 Å². The number of carbonyl (C=O) groups is 1.